The number of aromatic nitrogens is 4. The predicted octanol–water partition coefficient (Wildman–Crippen LogP) is 0.913. The molecule has 0 radical (unpaired) electrons. The van der Waals surface area contributed by atoms with Crippen molar-refractivity contribution in [2.75, 3.05) is 0 Å². The Balaban J connectivity index is 1.93. The van der Waals surface area contributed by atoms with Gasteiger partial charge in [0.25, 0.3) is 0 Å². The Bertz CT molecular complexity index is 835. The van der Waals surface area contributed by atoms with Gasteiger partial charge in [-0.2, -0.15) is 0 Å². The number of Topliss-reactive ketones (excluding diaryl/α,β-unsaturated/α-hetero) is 1. The van der Waals surface area contributed by atoms with Gasteiger partial charge >= 0.3 is 5.69 Å². The number of carbonyl (C=O) groups is 1. The minimum absolute atomic E-state index is 0.202. The number of hydrogen-bond acceptors (Lipinski definition) is 4. The molecule has 2 aromatic heterocycles. The molecule has 0 saturated heterocycles. The molecule has 7 heteroatoms. The van der Waals surface area contributed by atoms with E-state index in [2.05, 4.69) is 10.1 Å². The van der Waals surface area contributed by atoms with Gasteiger partial charge in [-0.15, -0.1) is 5.10 Å². The zero-order chi connectivity index (χ0) is 14.1. The van der Waals surface area contributed by atoms with E-state index in [9.17, 15) is 14.0 Å². The molecule has 0 aliphatic carbocycles. The standard InChI is InChI=1S/C13H9FN4O2/c14-10-3-1-9(2-4-10)11(19)8-18-13(20)17-6-5-15-7-12(17)16-18/h1-7H,8H2. The van der Waals surface area contributed by atoms with Crippen molar-refractivity contribution < 1.29 is 9.18 Å². The quantitative estimate of drug-likeness (QED) is 0.665. The van der Waals surface area contributed by atoms with Crippen molar-refractivity contribution in [1.82, 2.24) is 19.2 Å². The highest BCUT2D eigenvalue weighted by Gasteiger charge is 2.12. The minimum Gasteiger partial charge on any atom is -0.292 e. The van der Waals surface area contributed by atoms with Gasteiger partial charge in [0.2, 0.25) is 0 Å². The van der Waals surface area contributed by atoms with Crippen molar-refractivity contribution >= 4 is 11.4 Å². The first kappa shape index (κ1) is 12.2. The molecular weight excluding hydrogens is 263 g/mol. The molecular formula is C13H9FN4O2. The number of halogens is 1. The highest BCUT2D eigenvalue weighted by atomic mass is 19.1. The van der Waals surface area contributed by atoms with Crippen LogP contribution in [0.1, 0.15) is 10.4 Å². The van der Waals surface area contributed by atoms with Gasteiger partial charge in [0.05, 0.1) is 6.20 Å². The molecule has 2 heterocycles. The van der Waals surface area contributed by atoms with Crippen molar-refractivity contribution in [3.8, 4) is 0 Å². The van der Waals surface area contributed by atoms with Crippen molar-refractivity contribution in [2.24, 2.45) is 0 Å². The van der Waals surface area contributed by atoms with Gasteiger partial charge in [-0.05, 0) is 24.3 Å². The molecule has 3 rings (SSSR count). The molecule has 0 saturated carbocycles. The Morgan fingerprint density at radius 3 is 2.70 bits per heavy atom. The van der Waals surface area contributed by atoms with E-state index in [1.54, 1.807) is 0 Å². The zero-order valence-electron chi connectivity index (χ0n) is 10.2. The summed E-state index contributed by atoms with van der Waals surface area (Å²) in [7, 11) is 0. The summed E-state index contributed by atoms with van der Waals surface area (Å²) < 4.78 is 15.1. The molecule has 3 aromatic rings. The lowest BCUT2D eigenvalue weighted by Gasteiger charge is -1.99. The van der Waals surface area contributed by atoms with Gasteiger partial charge in [-0.1, -0.05) is 0 Å². The lowest BCUT2D eigenvalue weighted by molar-refractivity contribution is 0.0966. The van der Waals surface area contributed by atoms with Crippen molar-refractivity contribution in [3.05, 3.63) is 64.7 Å². The molecule has 0 aliphatic rings. The average molecular weight is 272 g/mol. The monoisotopic (exact) mass is 272 g/mol. The Morgan fingerprint density at radius 1 is 1.25 bits per heavy atom. The van der Waals surface area contributed by atoms with Crippen LogP contribution in [0.25, 0.3) is 5.65 Å². The van der Waals surface area contributed by atoms with Crippen LogP contribution in [0.5, 0.6) is 0 Å². The van der Waals surface area contributed by atoms with E-state index in [4.69, 9.17) is 0 Å². The van der Waals surface area contributed by atoms with Gasteiger partial charge in [-0.3, -0.25) is 9.78 Å². The van der Waals surface area contributed by atoms with E-state index in [1.807, 2.05) is 0 Å². The van der Waals surface area contributed by atoms with Crippen molar-refractivity contribution in [2.45, 2.75) is 6.54 Å². The van der Waals surface area contributed by atoms with E-state index >= 15 is 0 Å². The molecule has 0 amide bonds. The summed E-state index contributed by atoms with van der Waals surface area (Å²) in [5.41, 5.74) is 0.274. The van der Waals surface area contributed by atoms with Crippen LogP contribution in [0.3, 0.4) is 0 Å². The maximum Gasteiger partial charge on any atom is 0.350 e. The largest absolute Gasteiger partial charge is 0.350 e. The predicted molar refractivity (Wildman–Crippen MR) is 68.0 cm³/mol. The smallest absolute Gasteiger partial charge is 0.292 e. The van der Waals surface area contributed by atoms with Crippen molar-refractivity contribution in [1.29, 1.82) is 0 Å². The second-order valence-electron chi connectivity index (χ2n) is 4.17. The highest BCUT2D eigenvalue weighted by molar-refractivity contribution is 5.95. The van der Waals surface area contributed by atoms with Gasteiger partial charge in [-0.25, -0.2) is 18.3 Å². The van der Waals surface area contributed by atoms with Crippen LogP contribution in [0.15, 0.2) is 47.7 Å². The second-order valence-corrected chi connectivity index (χ2v) is 4.17. The average Bonchev–Trinajstić information content (AvgIpc) is 2.77. The van der Waals surface area contributed by atoms with Crippen LogP contribution >= 0.6 is 0 Å². The molecule has 0 fully saturated rings. The molecule has 0 N–H and O–H groups in total. The summed E-state index contributed by atoms with van der Waals surface area (Å²) in [6.07, 6.45) is 4.37. The normalized spacial score (nSPS) is 10.8. The van der Waals surface area contributed by atoms with Gasteiger partial charge in [0.1, 0.15) is 12.4 Å². The Hall–Kier alpha value is -2.83. The number of ketones is 1. The van der Waals surface area contributed by atoms with Crippen LogP contribution in [0.4, 0.5) is 4.39 Å². The van der Waals surface area contributed by atoms with Crippen LogP contribution < -0.4 is 5.69 Å². The zero-order valence-corrected chi connectivity index (χ0v) is 10.2. The lowest BCUT2D eigenvalue weighted by atomic mass is 10.1. The number of benzene rings is 1. The van der Waals surface area contributed by atoms with Crippen molar-refractivity contribution in [3.63, 3.8) is 0 Å². The minimum atomic E-state index is -0.419. The van der Waals surface area contributed by atoms with Crippen LogP contribution in [0, 0.1) is 5.82 Å². The maximum atomic E-state index is 12.8. The first-order valence-corrected chi connectivity index (χ1v) is 5.83. The van der Waals surface area contributed by atoms with E-state index in [0.717, 1.165) is 4.68 Å². The third kappa shape index (κ3) is 2.09. The molecule has 1 aromatic carbocycles. The SMILES string of the molecule is O=C(Cn1nc2cnccn2c1=O)c1ccc(F)cc1. The third-order valence-corrected chi connectivity index (χ3v) is 2.85. The third-order valence-electron chi connectivity index (χ3n) is 2.85. The molecule has 0 spiro atoms. The fourth-order valence-corrected chi connectivity index (χ4v) is 1.85. The summed E-state index contributed by atoms with van der Waals surface area (Å²) in [4.78, 5) is 27.8. The Labute approximate surface area is 112 Å². The van der Waals surface area contributed by atoms with Gasteiger partial charge < -0.3 is 0 Å². The van der Waals surface area contributed by atoms with Crippen LogP contribution in [0.2, 0.25) is 0 Å². The number of hydrogen-bond donors (Lipinski definition) is 0. The maximum absolute atomic E-state index is 12.8. The van der Waals surface area contributed by atoms with Gasteiger partial charge in [0, 0.05) is 18.0 Å². The van der Waals surface area contributed by atoms with E-state index in [-0.39, 0.29) is 12.3 Å². The van der Waals surface area contributed by atoms with Crippen LogP contribution in [-0.4, -0.2) is 24.9 Å². The fraction of sp³-hybridized carbons (Fsp3) is 0.0769. The van der Waals surface area contributed by atoms with Gasteiger partial charge in [0.15, 0.2) is 11.4 Å². The number of nitrogens with zero attached hydrogens (tertiary/aromatic N) is 4. The second kappa shape index (κ2) is 4.69. The molecule has 0 aliphatic heterocycles. The number of carbonyl (C=O) groups excluding carboxylic acids is 1. The Morgan fingerprint density at radius 2 is 2.00 bits per heavy atom. The number of fused-ring (bicyclic) bond motifs is 1. The summed E-state index contributed by atoms with van der Waals surface area (Å²) in [6, 6.07) is 5.15. The van der Waals surface area contributed by atoms with E-state index in [0.29, 0.717) is 11.2 Å². The lowest BCUT2D eigenvalue weighted by Crippen LogP contribution is -2.25. The fourth-order valence-electron chi connectivity index (χ4n) is 1.85. The molecule has 0 bridgehead atoms. The summed E-state index contributed by atoms with van der Waals surface area (Å²) in [5, 5.41) is 4.01. The summed E-state index contributed by atoms with van der Waals surface area (Å²) >= 11 is 0. The van der Waals surface area contributed by atoms with E-state index in [1.165, 1.54) is 47.3 Å². The van der Waals surface area contributed by atoms with E-state index < -0.39 is 11.5 Å². The molecule has 100 valence electrons. The molecule has 20 heavy (non-hydrogen) atoms. The first-order valence-electron chi connectivity index (χ1n) is 5.83. The summed E-state index contributed by atoms with van der Waals surface area (Å²) in [6.45, 7) is -0.202. The molecule has 6 nitrogen and oxygen atoms in total. The van der Waals surface area contributed by atoms with Crippen LogP contribution in [-0.2, 0) is 6.54 Å². The Kier molecular flexibility index (Phi) is 2.86. The summed E-state index contributed by atoms with van der Waals surface area (Å²) in [5.74, 6) is -0.735. The first-order chi connectivity index (χ1) is 9.65. The highest BCUT2D eigenvalue weighted by Crippen LogP contribution is 2.04. The number of rotatable bonds is 3. The topological polar surface area (TPSA) is 69.3 Å². The molecule has 0 atom stereocenters. The molecule has 0 unspecified atom stereocenters.